The standard InChI is InChI=1S/C19H22ClN3O2/c20-17-5-8-21-18(13-17)22-19(25)16-3-1-14(2-4-16)15-6-9-23(10-7-15)11-12-24/h1-5,8,13,15,24H,6-7,9-12H2,(H,21,22,25). The van der Waals surface area contributed by atoms with Gasteiger partial charge in [0.15, 0.2) is 0 Å². The largest absolute Gasteiger partial charge is 0.395 e. The minimum absolute atomic E-state index is 0.195. The summed E-state index contributed by atoms with van der Waals surface area (Å²) in [5.74, 6) is 0.763. The maximum absolute atomic E-state index is 12.3. The van der Waals surface area contributed by atoms with Crippen LogP contribution >= 0.6 is 11.6 Å². The van der Waals surface area contributed by atoms with Crippen molar-refractivity contribution in [1.29, 1.82) is 0 Å². The van der Waals surface area contributed by atoms with Gasteiger partial charge in [-0.1, -0.05) is 23.7 Å². The number of carbonyl (C=O) groups is 1. The van der Waals surface area contributed by atoms with Crippen LogP contribution in [0.25, 0.3) is 0 Å². The van der Waals surface area contributed by atoms with Crippen LogP contribution in [0, 0.1) is 0 Å². The molecule has 0 bridgehead atoms. The molecule has 132 valence electrons. The molecule has 1 aromatic carbocycles. The van der Waals surface area contributed by atoms with Gasteiger partial charge in [0.1, 0.15) is 5.82 Å². The van der Waals surface area contributed by atoms with Gasteiger partial charge in [-0.2, -0.15) is 0 Å². The molecule has 1 aromatic heterocycles. The average Bonchev–Trinajstić information content (AvgIpc) is 2.63. The predicted octanol–water partition coefficient (Wildman–Crippen LogP) is 3.16. The zero-order valence-electron chi connectivity index (χ0n) is 14.0. The van der Waals surface area contributed by atoms with Crippen molar-refractivity contribution in [1.82, 2.24) is 9.88 Å². The molecule has 0 aliphatic carbocycles. The number of rotatable bonds is 5. The fourth-order valence-corrected chi connectivity index (χ4v) is 3.36. The SMILES string of the molecule is O=C(Nc1cc(Cl)ccn1)c1ccc(C2CCN(CCO)CC2)cc1. The third-order valence-electron chi connectivity index (χ3n) is 4.61. The quantitative estimate of drug-likeness (QED) is 0.860. The van der Waals surface area contributed by atoms with Crippen molar-refractivity contribution in [3.8, 4) is 0 Å². The maximum Gasteiger partial charge on any atom is 0.256 e. The number of aromatic nitrogens is 1. The number of nitrogens with one attached hydrogen (secondary N) is 1. The molecule has 2 heterocycles. The number of aliphatic hydroxyl groups excluding tert-OH is 1. The van der Waals surface area contributed by atoms with Gasteiger partial charge in [0.2, 0.25) is 0 Å². The van der Waals surface area contributed by atoms with E-state index in [0.717, 1.165) is 32.5 Å². The molecule has 5 nitrogen and oxygen atoms in total. The molecule has 1 amide bonds. The van der Waals surface area contributed by atoms with Gasteiger partial charge in [-0.15, -0.1) is 0 Å². The third kappa shape index (κ3) is 4.78. The Morgan fingerprint density at radius 3 is 2.60 bits per heavy atom. The monoisotopic (exact) mass is 359 g/mol. The first kappa shape index (κ1) is 17.9. The van der Waals surface area contributed by atoms with Crippen LogP contribution in [-0.4, -0.2) is 47.1 Å². The summed E-state index contributed by atoms with van der Waals surface area (Å²) in [6.45, 7) is 2.99. The summed E-state index contributed by atoms with van der Waals surface area (Å²) in [7, 11) is 0. The molecule has 1 saturated heterocycles. The first-order valence-corrected chi connectivity index (χ1v) is 8.89. The molecule has 0 saturated carbocycles. The Balaban J connectivity index is 1.59. The van der Waals surface area contributed by atoms with E-state index >= 15 is 0 Å². The van der Waals surface area contributed by atoms with Crippen molar-refractivity contribution < 1.29 is 9.90 Å². The molecule has 0 radical (unpaired) electrons. The Kier molecular flexibility index (Phi) is 6.02. The molecular weight excluding hydrogens is 338 g/mol. The second-order valence-electron chi connectivity index (χ2n) is 6.27. The molecule has 2 aromatic rings. The molecule has 0 atom stereocenters. The number of nitrogens with zero attached hydrogens (tertiary/aromatic N) is 2. The molecule has 2 N–H and O–H groups in total. The molecule has 25 heavy (non-hydrogen) atoms. The van der Waals surface area contributed by atoms with Gasteiger partial charge in [0, 0.05) is 23.3 Å². The van der Waals surface area contributed by atoms with Crippen LogP contribution in [0.15, 0.2) is 42.6 Å². The van der Waals surface area contributed by atoms with Crippen molar-refractivity contribution in [2.45, 2.75) is 18.8 Å². The highest BCUT2D eigenvalue weighted by atomic mass is 35.5. The summed E-state index contributed by atoms with van der Waals surface area (Å²) in [6.07, 6.45) is 3.72. The van der Waals surface area contributed by atoms with Crippen molar-refractivity contribution in [2.24, 2.45) is 0 Å². The Morgan fingerprint density at radius 1 is 1.24 bits per heavy atom. The van der Waals surface area contributed by atoms with Crippen LogP contribution in [0.2, 0.25) is 5.02 Å². The summed E-state index contributed by atoms with van der Waals surface area (Å²) in [5.41, 5.74) is 1.87. The number of amides is 1. The molecule has 0 unspecified atom stereocenters. The lowest BCUT2D eigenvalue weighted by Gasteiger charge is -2.31. The molecule has 1 fully saturated rings. The first-order chi connectivity index (χ1) is 12.2. The second kappa shape index (κ2) is 8.43. The predicted molar refractivity (Wildman–Crippen MR) is 99.1 cm³/mol. The summed E-state index contributed by atoms with van der Waals surface area (Å²) < 4.78 is 0. The van der Waals surface area contributed by atoms with Crippen molar-refractivity contribution >= 4 is 23.3 Å². The van der Waals surface area contributed by atoms with E-state index in [1.165, 1.54) is 5.56 Å². The van der Waals surface area contributed by atoms with Gasteiger partial charge in [-0.05, 0) is 61.7 Å². The Labute approximate surface area is 152 Å². The highest BCUT2D eigenvalue weighted by Gasteiger charge is 2.20. The van der Waals surface area contributed by atoms with E-state index in [4.69, 9.17) is 16.7 Å². The normalized spacial score (nSPS) is 15.9. The highest BCUT2D eigenvalue weighted by Crippen LogP contribution is 2.28. The summed E-state index contributed by atoms with van der Waals surface area (Å²) in [6, 6.07) is 11.1. The molecule has 1 aliphatic rings. The Bertz CT molecular complexity index is 713. The van der Waals surface area contributed by atoms with Gasteiger partial charge < -0.3 is 15.3 Å². The Morgan fingerprint density at radius 2 is 1.96 bits per heavy atom. The van der Waals surface area contributed by atoms with Crippen LogP contribution in [0.5, 0.6) is 0 Å². The number of halogens is 1. The number of anilines is 1. The number of aliphatic hydroxyl groups is 1. The van der Waals surface area contributed by atoms with Crippen LogP contribution in [0.1, 0.15) is 34.7 Å². The number of piperidine rings is 1. The van der Waals surface area contributed by atoms with E-state index in [1.54, 1.807) is 18.3 Å². The molecular formula is C19H22ClN3O2. The van der Waals surface area contributed by atoms with E-state index in [0.29, 0.717) is 22.3 Å². The van der Waals surface area contributed by atoms with Gasteiger partial charge in [0.05, 0.1) is 6.61 Å². The van der Waals surface area contributed by atoms with Crippen LogP contribution in [0.3, 0.4) is 0 Å². The molecule has 1 aliphatic heterocycles. The number of likely N-dealkylation sites (tertiary alicyclic amines) is 1. The van der Waals surface area contributed by atoms with Crippen LogP contribution in [-0.2, 0) is 0 Å². The molecule has 0 spiro atoms. The van der Waals surface area contributed by atoms with E-state index in [2.05, 4.69) is 15.2 Å². The third-order valence-corrected chi connectivity index (χ3v) is 4.85. The number of carbonyl (C=O) groups excluding carboxylic acids is 1. The van der Waals surface area contributed by atoms with Gasteiger partial charge in [-0.25, -0.2) is 4.98 Å². The Hall–Kier alpha value is -1.95. The minimum atomic E-state index is -0.195. The zero-order chi connectivity index (χ0) is 17.6. The van der Waals surface area contributed by atoms with Gasteiger partial charge in [-0.3, -0.25) is 4.79 Å². The van der Waals surface area contributed by atoms with Crippen LogP contribution < -0.4 is 5.32 Å². The summed E-state index contributed by atoms with van der Waals surface area (Å²) >= 11 is 5.90. The van der Waals surface area contributed by atoms with E-state index in [-0.39, 0.29) is 12.5 Å². The highest BCUT2D eigenvalue weighted by molar-refractivity contribution is 6.30. The molecule has 3 rings (SSSR count). The number of hydrogen-bond donors (Lipinski definition) is 2. The summed E-state index contributed by atoms with van der Waals surface area (Å²) in [5, 5.41) is 12.3. The van der Waals surface area contributed by atoms with E-state index in [1.807, 2.05) is 24.3 Å². The second-order valence-corrected chi connectivity index (χ2v) is 6.71. The fourth-order valence-electron chi connectivity index (χ4n) is 3.20. The van der Waals surface area contributed by atoms with E-state index < -0.39 is 0 Å². The number of β-amino-alcohol motifs (C(OH)–C–C–N with tert-alkyl or cyclic N) is 1. The average molecular weight is 360 g/mol. The topological polar surface area (TPSA) is 65.5 Å². The smallest absolute Gasteiger partial charge is 0.256 e. The molecule has 6 heteroatoms. The first-order valence-electron chi connectivity index (χ1n) is 8.52. The van der Waals surface area contributed by atoms with Gasteiger partial charge in [0.25, 0.3) is 5.91 Å². The van der Waals surface area contributed by atoms with Crippen molar-refractivity contribution in [3.63, 3.8) is 0 Å². The minimum Gasteiger partial charge on any atom is -0.395 e. The lowest BCUT2D eigenvalue weighted by molar-refractivity contribution is 0.102. The number of pyridine rings is 1. The van der Waals surface area contributed by atoms with Gasteiger partial charge >= 0.3 is 0 Å². The fraction of sp³-hybridized carbons (Fsp3) is 0.368. The lowest BCUT2D eigenvalue weighted by Crippen LogP contribution is -2.34. The zero-order valence-corrected chi connectivity index (χ0v) is 14.7. The number of benzene rings is 1. The maximum atomic E-state index is 12.3. The number of hydrogen-bond acceptors (Lipinski definition) is 4. The van der Waals surface area contributed by atoms with E-state index in [9.17, 15) is 4.79 Å². The van der Waals surface area contributed by atoms with Crippen LogP contribution in [0.4, 0.5) is 5.82 Å². The van der Waals surface area contributed by atoms with Crippen molar-refractivity contribution in [2.75, 3.05) is 31.6 Å². The van der Waals surface area contributed by atoms with Crippen molar-refractivity contribution in [3.05, 3.63) is 58.7 Å². The summed E-state index contributed by atoms with van der Waals surface area (Å²) in [4.78, 5) is 18.7. The lowest BCUT2D eigenvalue weighted by atomic mass is 9.89.